The fourth-order valence-corrected chi connectivity index (χ4v) is 9.83. The summed E-state index contributed by atoms with van der Waals surface area (Å²) in [6, 6.07) is 64.5. The Balaban J connectivity index is 1.04. The van der Waals surface area contributed by atoms with Gasteiger partial charge in [0.05, 0.1) is 28.1 Å². The van der Waals surface area contributed by atoms with Gasteiger partial charge < -0.3 is 4.90 Å². The van der Waals surface area contributed by atoms with Crippen molar-refractivity contribution in [2.45, 2.75) is 19.3 Å². The van der Waals surface area contributed by atoms with Crippen molar-refractivity contribution in [1.29, 1.82) is 0 Å². The second kappa shape index (κ2) is 11.0. The van der Waals surface area contributed by atoms with E-state index in [1.54, 1.807) is 0 Å². The number of aromatic nitrogens is 2. The number of fused-ring (bicyclic) bond motifs is 17. The van der Waals surface area contributed by atoms with E-state index in [0.717, 1.165) is 39.7 Å². The maximum absolute atomic E-state index is 5.44. The average molecular weight is 702 g/mol. The zero-order valence-electron chi connectivity index (χ0n) is 30.6. The molecule has 0 N–H and O–H groups in total. The summed E-state index contributed by atoms with van der Waals surface area (Å²) in [5, 5.41) is 7.75. The molecule has 1 aliphatic carbocycles. The molecule has 258 valence electrons. The largest absolute Gasteiger partial charge is 0.308 e. The molecule has 0 spiro atoms. The van der Waals surface area contributed by atoms with Crippen LogP contribution >= 0.6 is 0 Å². The maximum Gasteiger partial charge on any atom is 0.147 e. The van der Waals surface area contributed by atoms with Crippen LogP contribution in [0.15, 0.2) is 176 Å². The Bertz CT molecular complexity index is 3200. The van der Waals surface area contributed by atoms with Crippen LogP contribution in [0.25, 0.3) is 82.7 Å². The lowest BCUT2D eigenvalue weighted by atomic mass is 9.82. The summed E-state index contributed by atoms with van der Waals surface area (Å²) in [5.74, 6) is 0.966. The Kier molecular flexibility index (Phi) is 6.12. The van der Waals surface area contributed by atoms with E-state index in [4.69, 9.17) is 4.98 Å². The minimum Gasteiger partial charge on any atom is -0.308 e. The van der Waals surface area contributed by atoms with Gasteiger partial charge in [-0.25, -0.2) is 4.98 Å². The molecule has 3 nitrogen and oxygen atoms in total. The highest BCUT2D eigenvalue weighted by molar-refractivity contribution is 6.25. The number of hydrogen-bond donors (Lipinski definition) is 0. The van der Waals surface area contributed by atoms with E-state index < -0.39 is 0 Å². The summed E-state index contributed by atoms with van der Waals surface area (Å²) >= 11 is 0. The fraction of sp³-hybridized carbons (Fsp3) is 0.0577. The molecular weight excluding hydrogens is 667 g/mol. The van der Waals surface area contributed by atoms with E-state index >= 15 is 0 Å². The van der Waals surface area contributed by atoms with Gasteiger partial charge in [-0.15, -0.1) is 0 Å². The van der Waals surface area contributed by atoms with Crippen LogP contribution in [0.1, 0.15) is 25.0 Å². The topological polar surface area (TPSA) is 21.1 Å². The van der Waals surface area contributed by atoms with Crippen LogP contribution < -0.4 is 4.90 Å². The minimum absolute atomic E-state index is 0.180. The second-order valence-corrected chi connectivity index (χ2v) is 15.5. The van der Waals surface area contributed by atoms with E-state index in [0.29, 0.717) is 0 Å². The van der Waals surface area contributed by atoms with Crippen molar-refractivity contribution in [3.05, 3.63) is 187 Å². The van der Waals surface area contributed by atoms with Crippen molar-refractivity contribution >= 4 is 60.4 Å². The number of imidazole rings is 1. The summed E-state index contributed by atoms with van der Waals surface area (Å²) in [7, 11) is 0. The Morgan fingerprint density at radius 3 is 1.73 bits per heavy atom. The third kappa shape index (κ3) is 4.13. The quantitative estimate of drug-likeness (QED) is 0.167. The zero-order valence-corrected chi connectivity index (χ0v) is 30.6. The normalized spacial score (nSPS) is 13.7. The Morgan fingerprint density at radius 2 is 1.00 bits per heavy atom. The van der Waals surface area contributed by atoms with Crippen molar-refractivity contribution in [2.24, 2.45) is 0 Å². The molecule has 2 aliphatic rings. The van der Waals surface area contributed by atoms with Gasteiger partial charge in [-0.2, -0.15) is 0 Å². The van der Waals surface area contributed by atoms with Crippen molar-refractivity contribution in [3.63, 3.8) is 0 Å². The van der Waals surface area contributed by atoms with E-state index in [2.05, 4.69) is 199 Å². The first kappa shape index (κ1) is 30.5. The number of rotatable bonds is 2. The molecule has 0 saturated carbocycles. The van der Waals surface area contributed by atoms with Crippen LogP contribution in [0.2, 0.25) is 0 Å². The molecule has 0 bridgehead atoms. The molecule has 0 amide bonds. The van der Waals surface area contributed by atoms with Crippen molar-refractivity contribution in [1.82, 2.24) is 9.55 Å². The van der Waals surface area contributed by atoms with Gasteiger partial charge in [0.25, 0.3) is 0 Å². The smallest absolute Gasteiger partial charge is 0.147 e. The highest BCUT2D eigenvalue weighted by Crippen LogP contribution is 2.54. The first-order valence-electron chi connectivity index (χ1n) is 19.1. The van der Waals surface area contributed by atoms with Crippen LogP contribution in [-0.2, 0) is 5.41 Å². The molecule has 0 saturated heterocycles. The van der Waals surface area contributed by atoms with Gasteiger partial charge in [-0.3, -0.25) is 4.57 Å². The molecule has 0 fully saturated rings. The van der Waals surface area contributed by atoms with Crippen LogP contribution in [0.4, 0.5) is 17.1 Å². The van der Waals surface area contributed by atoms with Gasteiger partial charge in [0, 0.05) is 16.7 Å². The van der Waals surface area contributed by atoms with Crippen LogP contribution in [0.5, 0.6) is 0 Å². The molecule has 12 rings (SSSR count). The number of hydrogen-bond acceptors (Lipinski definition) is 2. The maximum atomic E-state index is 5.44. The molecule has 0 atom stereocenters. The molecule has 0 radical (unpaired) electrons. The molecule has 3 heteroatoms. The van der Waals surface area contributed by atoms with Crippen LogP contribution in [0, 0.1) is 0 Å². The SMILES string of the molecule is CC1(C)c2ccccc2-c2ccc3nc4n(c3c21)-c1ccccc1N(c1ccc(-c2ccc3c5ccccc5c5ccccc5c3c2)cc1)c1ccccc1-4. The number of para-hydroxylation sites is 3. The Labute approximate surface area is 319 Å². The molecule has 55 heavy (non-hydrogen) atoms. The second-order valence-electron chi connectivity index (χ2n) is 15.5. The van der Waals surface area contributed by atoms with Crippen LogP contribution in [-0.4, -0.2) is 9.55 Å². The first-order chi connectivity index (χ1) is 27.1. The van der Waals surface area contributed by atoms with Gasteiger partial charge in [0.2, 0.25) is 0 Å². The Hall–Kier alpha value is -6.97. The predicted molar refractivity (Wildman–Crippen MR) is 230 cm³/mol. The summed E-state index contributed by atoms with van der Waals surface area (Å²) in [6.45, 7) is 4.73. The third-order valence-corrected chi connectivity index (χ3v) is 12.3. The molecule has 9 aromatic carbocycles. The first-order valence-corrected chi connectivity index (χ1v) is 19.1. The lowest BCUT2D eigenvalue weighted by Gasteiger charge is -2.27. The number of benzene rings is 9. The zero-order chi connectivity index (χ0) is 36.4. The summed E-state index contributed by atoms with van der Waals surface area (Å²) in [6.07, 6.45) is 0. The lowest BCUT2D eigenvalue weighted by molar-refractivity contribution is 0.663. The minimum atomic E-state index is -0.180. The van der Waals surface area contributed by atoms with Gasteiger partial charge >= 0.3 is 0 Å². The molecule has 1 aromatic heterocycles. The predicted octanol–water partition coefficient (Wildman–Crippen LogP) is 13.9. The monoisotopic (exact) mass is 701 g/mol. The average Bonchev–Trinajstić information content (AvgIpc) is 3.69. The van der Waals surface area contributed by atoms with Crippen molar-refractivity contribution < 1.29 is 0 Å². The third-order valence-electron chi connectivity index (χ3n) is 12.3. The summed E-state index contributed by atoms with van der Waals surface area (Å²) in [4.78, 5) is 7.86. The molecule has 0 unspecified atom stereocenters. The molecule has 2 heterocycles. The van der Waals surface area contributed by atoms with E-state index in [1.807, 2.05) is 0 Å². The van der Waals surface area contributed by atoms with Gasteiger partial charge in [-0.1, -0.05) is 141 Å². The standard InChI is InChI=1S/C52H35N3/c1-52(2)44-19-9-7-17-40(44)41-29-30-45-50(49(41)52)55-48-22-12-11-21-47(48)54(46-20-10-8-18-42(46)51(55)53-45)34-26-23-32(24-27-34)33-25-28-39-37-15-4-3-13-35(37)36-14-5-6-16-38(36)43(39)31-33/h3-31H,1-2H3. The highest BCUT2D eigenvalue weighted by atomic mass is 15.2. The van der Waals surface area contributed by atoms with Crippen molar-refractivity contribution in [3.8, 4) is 39.3 Å². The number of nitrogens with zero attached hydrogens (tertiary/aromatic N) is 3. The fourth-order valence-electron chi connectivity index (χ4n) is 9.83. The molecule has 10 aromatic rings. The number of anilines is 3. The lowest BCUT2D eigenvalue weighted by Crippen LogP contribution is -2.17. The highest BCUT2D eigenvalue weighted by Gasteiger charge is 2.39. The Morgan fingerprint density at radius 1 is 0.436 bits per heavy atom. The van der Waals surface area contributed by atoms with Gasteiger partial charge in [0.15, 0.2) is 0 Å². The molecular formula is C52H35N3. The van der Waals surface area contributed by atoms with E-state index in [9.17, 15) is 0 Å². The van der Waals surface area contributed by atoms with E-state index in [-0.39, 0.29) is 5.41 Å². The van der Waals surface area contributed by atoms with E-state index in [1.165, 1.54) is 71.2 Å². The van der Waals surface area contributed by atoms with Crippen molar-refractivity contribution in [2.75, 3.05) is 4.90 Å². The summed E-state index contributed by atoms with van der Waals surface area (Å²) < 4.78 is 2.44. The van der Waals surface area contributed by atoms with Crippen LogP contribution in [0.3, 0.4) is 0 Å². The van der Waals surface area contributed by atoms with Gasteiger partial charge in [-0.05, 0) is 114 Å². The summed E-state index contributed by atoms with van der Waals surface area (Å²) in [5.41, 5.74) is 15.3. The molecule has 1 aliphatic heterocycles. The van der Waals surface area contributed by atoms with Gasteiger partial charge in [0.1, 0.15) is 5.82 Å².